The van der Waals surface area contributed by atoms with E-state index >= 15 is 0 Å². The monoisotopic (exact) mass is 369 g/mol. The molecule has 0 saturated heterocycles. The summed E-state index contributed by atoms with van der Waals surface area (Å²) < 4.78 is 27.9. The Hall–Kier alpha value is -1.37. The molecule has 0 aliphatic rings. The van der Waals surface area contributed by atoms with E-state index in [0.29, 0.717) is 11.3 Å². The molecule has 0 radical (unpaired) electrons. The van der Waals surface area contributed by atoms with Crippen LogP contribution in [0.5, 0.6) is 0 Å². The number of aliphatic hydroxyl groups excluding tert-OH is 1. The molecule has 0 unspecified atom stereocenters. The summed E-state index contributed by atoms with van der Waals surface area (Å²) in [5, 5.41) is 8.98. The van der Waals surface area contributed by atoms with Crippen molar-refractivity contribution in [1.82, 2.24) is 0 Å². The number of nitrogens with one attached hydrogen (secondary N) is 1. The van der Waals surface area contributed by atoms with Crippen molar-refractivity contribution in [1.29, 1.82) is 0 Å². The lowest BCUT2D eigenvalue weighted by atomic mass is 10.2. The van der Waals surface area contributed by atoms with Crippen LogP contribution in [0.3, 0.4) is 0 Å². The minimum atomic E-state index is -3.48. The van der Waals surface area contributed by atoms with Gasteiger partial charge in [0.2, 0.25) is 10.0 Å². The molecule has 0 heterocycles. The van der Waals surface area contributed by atoms with Crippen molar-refractivity contribution in [2.75, 3.05) is 4.72 Å². The molecule has 2 N–H and O–H groups in total. The second-order valence-electron chi connectivity index (χ2n) is 4.75. The van der Waals surface area contributed by atoms with Gasteiger partial charge in [-0.05, 0) is 35.7 Å². The Morgan fingerprint density at radius 3 is 2.33 bits per heavy atom. The zero-order chi connectivity index (χ0) is 15.5. The standard InChI is InChI=1S/C15H16BrNO3S/c1-11-14(16)3-2-4-15(11)17-21(19,20)10-13-7-5-12(9-18)6-8-13/h2-8,17-18H,9-10H2,1H3. The molecule has 0 aliphatic carbocycles. The summed E-state index contributed by atoms with van der Waals surface area (Å²) in [6.45, 7) is 1.79. The van der Waals surface area contributed by atoms with Gasteiger partial charge in [0.15, 0.2) is 0 Å². The molecule has 0 bridgehead atoms. The SMILES string of the molecule is Cc1c(Br)cccc1NS(=O)(=O)Cc1ccc(CO)cc1. The lowest BCUT2D eigenvalue weighted by molar-refractivity contribution is 0.282. The highest BCUT2D eigenvalue weighted by molar-refractivity contribution is 9.10. The van der Waals surface area contributed by atoms with E-state index in [4.69, 9.17) is 5.11 Å². The van der Waals surface area contributed by atoms with Gasteiger partial charge in [0.25, 0.3) is 0 Å². The summed E-state index contributed by atoms with van der Waals surface area (Å²) in [6, 6.07) is 12.2. The van der Waals surface area contributed by atoms with Gasteiger partial charge in [0, 0.05) is 4.47 Å². The van der Waals surface area contributed by atoms with Gasteiger partial charge in [-0.15, -0.1) is 0 Å². The number of sulfonamides is 1. The quantitative estimate of drug-likeness (QED) is 0.850. The number of benzene rings is 2. The Morgan fingerprint density at radius 1 is 1.10 bits per heavy atom. The van der Waals surface area contributed by atoms with Crippen LogP contribution in [0.4, 0.5) is 5.69 Å². The third-order valence-corrected chi connectivity index (χ3v) is 5.20. The van der Waals surface area contributed by atoms with E-state index in [1.807, 2.05) is 13.0 Å². The molecule has 0 saturated carbocycles. The zero-order valence-electron chi connectivity index (χ0n) is 11.5. The van der Waals surface area contributed by atoms with Crippen LogP contribution < -0.4 is 4.72 Å². The fraction of sp³-hybridized carbons (Fsp3) is 0.200. The number of aliphatic hydroxyl groups is 1. The second kappa shape index (κ2) is 6.60. The van der Waals surface area contributed by atoms with Crippen molar-refractivity contribution in [2.45, 2.75) is 19.3 Å². The highest BCUT2D eigenvalue weighted by Crippen LogP contribution is 2.24. The highest BCUT2D eigenvalue weighted by atomic mass is 79.9. The molecule has 0 amide bonds. The van der Waals surface area contributed by atoms with Crippen LogP contribution in [0.15, 0.2) is 46.9 Å². The molecule has 0 fully saturated rings. The van der Waals surface area contributed by atoms with Crippen LogP contribution in [0, 0.1) is 6.92 Å². The summed E-state index contributed by atoms with van der Waals surface area (Å²) in [5.74, 6) is -0.106. The van der Waals surface area contributed by atoms with E-state index in [2.05, 4.69) is 20.7 Å². The molecular weight excluding hydrogens is 354 g/mol. The molecule has 112 valence electrons. The minimum absolute atomic E-state index is 0.0531. The van der Waals surface area contributed by atoms with Gasteiger partial charge in [0.1, 0.15) is 0 Å². The van der Waals surface area contributed by atoms with Crippen molar-refractivity contribution >= 4 is 31.6 Å². The van der Waals surface area contributed by atoms with E-state index < -0.39 is 10.0 Å². The maximum Gasteiger partial charge on any atom is 0.236 e. The number of hydrogen-bond donors (Lipinski definition) is 2. The smallest absolute Gasteiger partial charge is 0.236 e. The molecular formula is C15H16BrNO3S. The first-order valence-corrected chi connectivity index (χ1v) is 8.80. The van der Waals surface area contributed by atoms with E-state index in [0.717, 1.165) is 15.6 Å². The van der Waals surface area contributed by atoms with Crippen molar-refractivity contribution in [2.24, 2.45) is 0 Å². The fourth-order valence-corrected chi connectivity index (χ4v) is 3.51. The molecule has 2 aromatic carbocycles. The number of halogens is 1. The third-order valence-electron chi connectivity index (χ3n) is 3.10. The summed E-state index contributed by atoms with van der Waals surface area (Å²) in [5.41, 5.74) is 2.84. The maximum absolute atomic E-state index is 12.2. The molecule has 2 rings (SSSR count). The largest absolute Gasteiger partial charge is 0.392 e. The second-order valence-corrected chi connectivity index (χ2v) is 7.32. The van der Waals surface area contributed by atoms with Gasteiger partial charge in [-0.2, -0.15) is 0 Å². The van der Waals surface area contributed by atoms with Gasteiger partial charge >= 0.3 is 0 Å². The van der Waals surface area contributed by atoms with Gasteiger partial charge in [0.05, 0.1) is 18.0 Å². The predicted molar refractivity (Wildman–Crippen MR) is 87.5 cm³/mol. The average molecular weight is 370 g/mol. The first-order chi connectivity index (χ1) is 9.91. The van der Waals surface area contributed by atoms with Gasteiger partial charge in [-0.1, -0.05) is 46.3 Å². The Labute approximate surface area is 133 Å². The summed E-state index contributed by atoms with van der Waals surface area (Å²) >= 11 is 3.38. The molecule has 0 aromatic heterocycles. The number of anilines is 1. The van der Waals surface area contributed by atoms with E-state index in [9.17, 15) is 8.42 Å². The Bertz CT molecular complexity index is 727. The molecule has 0 aliphatic heterocycles. The summed E-state index contributed by atoms with van der Waals surface area (Å²) in [7, 11) is -3.48. The predicted octanol–water partition coefficient (Wildman–Crippen LogP) is 3.19. The summed E-state index contributed by atoms with van der Waals surface area (Å²) in [6.07, 6.45) is 0. The molecule has 6 heteroatoms. The zero-order valence-corrected chi connectivity index (χ0v) is 13.9. The average Bonchev–Trinajstić information content (AvgIpc) is 2.44. The molecule has 21 heavy (non-hydrogen) atoms. The molecule has 0 spiro atoms. The minimum Gasteiger partial charge on any atom is -0.392 e. The van der Waals surface area contributed by atoms with Crippen molar-refractivity contribution in [3.8, 4) is 0 Å². The van der Waals surface area contributed by atoms with E-state index in [1.165, 1.54) is 0 Å². The van der Waals surface area contributed by atoms with Crippen LogP contribution in [0.2, 0.25) is 0 Å². The first-order valence-electron chi connectivity index (χ1n) is 6.35. The number of hydrogen-bond acceptors (Lipinski definition) is 3. The normalized spacial score (nSPS) is 11.4. The first kappa shape index (κ1) is 16.0. The van der Waals surface area contributed by atoms with E-state index in [1.54, 1.807) is 36.4 Å². The van der Waals surface area contributed by atoms with Crippen LogP contribution in [0.25, 0.3) is 0 Å². The Kier molecular flexibility index (Phi) is 5.03. The summed E-state index contributed by atoms with van der Waals surface area (Å²) in [4.78, 5) is 0. The van der Waals surface area contributed by atoms with Gasteiger partial charge in [-0.25, -0.2) is 8.42 Å². The van der Waals surface area contributed by atoms with Crippen molar-refractivity contribution in [3.05, 3.63) is 63.6 Å². The highest BCUT2D eigenvalue weighted by Gasteiger charge is 2.13. The fourth-order valence-electron chi connectivity index (χ4n) is 1.88. The van der Waals surface area contributed by atoms with E-state index in [-0.39, 0.29) is 12.4 Å². The van der Waals surface area contributed by atoms with Crippen LogP contribution in [-0.4, -0.2) is 13.5 Å². The maximum atomic E-state index is 12.2. The Balaban J connectivity index is 2.16. The topological polar surface area (TPSA) is 66.4 Å². The van der Waals surface area contributed by atoms with Gasteiger partial charge < -0.3 is 5.11 Å². The van der Waals surface area contributed by atoms with Crippen LogP contribution >= 0.6 is 15.9 Å². The van der Waals surface area contributed by atoms with Gasteiger partial charge in [-0.3, -0.25) is 4.72 Å². The number of rotatable bonds is 5. The lowest BCUT2D eigenvalue weighted by Crippen LogP contribution is -2.15. The third kappa shape index (κ3) is 4.30. The van der Waals surface area contributed by atoms with Crippen molar-refractivity contribution < 1.29 is 13.5 Å². The Morgan fingerprint density at radius 2 is 1.71 bits per heavy atom. The molecule has 2 aromatic rings. The lowest BCUT2D eigenvalue weighted by Gasteiger charge is -2.11. The van der Waals surface area contributed by atoms with Crippen LogP contribution in [-0.2, 0) is 22.4 Å². The molecule has 4 nitrogen and oxygen atoms in total. The molecule has 0 atom stereocenters. The van der Waals surface area contributed by atoms with Crippen molar-refractivity contribution in [3.63, 3.8) is 0 Å². The van der Waals surface area contributed by atoms with Crippen LogP contribution in [0.1, 0.15) is 16.7 Å².